The van der Waals surface area contributed by atoms with Crippen molar-refractivity contribution >= 4 is 33.4 Å². The topological polar surface area (TPSA) is 75.7 Å². The zero-order chi connectivity index (χ0) is 18.9. The molecule has 0 unspecified atom stereocenters. The molecule has 5 aromatic rings. The van der Waals surface area contributed by atoms with Crippen molar-refractivity contribution in [2.24, 2.45) is 0 Å². The number of nitrogens with zero attached hydrogens (tertiary/aromatic N) is 3. The van der Waals surface area contributed by atoms with E-state index in [0.717, 1.165) is 50.3 Å². The summed E-state index contributed by atoms with van der Waals surface area (Å²) in [6.07, 6.45) is 5.34. The molecule has 0 radical (unpaired) electrons. The second-order valence-corrected chi connectivity index (χ2v) is 6.41. The van der Waals surface area contributed by atoms with Crippen LogP contribution in [0.3, 0.4) is 0 Å². The van der Waals surface area contributed by atoms with Gasteiger partial charge in [-0.25, -0.2) is 15.0 Å². The van der Waals surface area contributed by atoms with Crippen LogP contribution in [0.4, 0.5) is 11.5 Å². The lowest BCUT2D eigenvalue weighted by Crippen LogP contribution is -1.96. The van der Waals surface area contributed by atoms with E-state index in [1.165, 1.54) is 0 Å². The molecule has 0 amide bonds. The monoisotopic (exact) mass is 367 g/mol. The Morgan fingerprint density at radius 2 is 1.82 bits per heavy atom. The molecule has 3 heterocycles. The first kappa shape index (κ1) is 16.3. The minimum Gasteiger partial charge on any atom is -0.497 e. The van der Waals surface area contributed by atoms with Crippen molar-refractivity contribution in [3.05, 3.63) is 73.3 Å². The summed E-state index contributed by atoms with van der Waals surface area (Å²) in [6, 6.07) is 18.0. The zero-order valence-electron chi connectivity index (χ0n) is 15.2. The first-order chi connectivity index (χ1) is 13.8. The van der Waals surface area contributed by atoms with Gasteiger partial charge in [-0.05, 0) is 54.1 Å². The van der Waals surface area contributed by atoms with E-state index in [-0.39, 0.29) is 0 Å². The number of H-pyrrole nitrogens is 1. The number of rotatable bonds is 4. The summed E-state index contributed by atoms with van der Waals surface area (Å²) in [5.41, 5.74) is 4.87. The van der Waals surface area contributed by atoms with Crippen LogP contribution < -0.4 is 10.1 Å². The second-order valence-electron chi connectivity index (χ2n) is 6.41. The molecule has 5 rings (SSSR count). The molecule has 2 aromatic carbocycles. The van der Waals surface area contributed by atoms with Gasteiger partial charge >= 0.3 is 0 Å². The van der Waals surface area contributed by atoms with Crippen LogP contribution in [0.15, 0.2) is 73.3 Å². The van der Waals surface area contributed by atoms with Crippen molar-refractivity contribution in [3.63, 3.8) is 0 Å². The van der Waals surface area contributed by atoms with Gasteiger partial charge in [-0.15, -0.1) is 0 Å². The van der Waals surface area contributed by atoms with Gasteiger partial charge in [-0.2, -0.15) is 0 Å². The van der Waals surface area contributed by atoms with Gasteiger partial charge in [-0.3, -0.25) is 0 Å². The van der Waals surface area contributed by atoms with Crippen LogP contribution in [0.1, 0.15) is 0 Å². The van der Waals surface area contributed by atoms with Crippen molar-refractivity contribution in [3.8, 4) is 16.9 Å². The quantitative estimate of drug-likeness (QED) is 0.471. The highest BCUT2D eigenvalue weighted by Gasteiger charge is 2.10. The Morgan fingerprint density at radius 1 is 0.929 bits per heavy atom. The molecule has 6 nitrogen and oxygen atoms in total. The van der Waals surface area contributed by atoms with Gasteiger partial charge in [0.25, 0.3) is 0 Å². The van der Waals surface area contributed by atoms with E-state index in [1.807, 2.05) is 42.6 Å². The Kier molecular flexibility index (Phi) is 3.87. The van der Waals surface area contributed by atoms with E-state index in [0.29, 0.717) is 0 Å². The Morgan fingerprint density at radius 3 is 2.68 bits per heavy atom. The average molecular weight is 367 g/mol. The summed E-state index contributed by atoms with van der Waals surface area (Å²) in [5, 5.41) is 5.42. The lowest BCUT2D eigenvalue weighted by molar-refractivity contribution is 0.415. The van der Waals surface area contributed by atoms with Crippen molar-refractivity contribution in [1.29, 1.82) is 0 Å². The van der Waals surface area contributed by atoms with Crippen molar-refractivity contribution in [2.45, 2.75) is 0 Å². The molecule has 3 aromatic heterocycles. The fraction of sp³-hybridized carbons (Fsp3) is 0.0455. The second kappa shape index (κ2) is 6.66. The van der Waals surface area contributed by atoms with Crippen LogP contribution in [-0.4, -0.2) is 27.0 Å². The lowest BCUT2D eigenvalue weighted by Gasteiger charge is -2.10. The fourth-order valence-corrected chi connectivity index (χ4v) is 3.33. The van der Waals surface area contributed by atoms with Gasteiger partial charge < -0.3 is 15.0 Å². The molecule has 0 spiro atoms. The maximum atomic E-state index is 5.22. The normalized spacial score (nSPS) is 11.0. The number of aromatic nitrogens is 4. The number of benzene rings is 2. The summed E-state index contributed by atoms with van der Waals surface area (Å²) in [6.45, 7) is 0. The molecule has 2 N–H and O–H groups in total. The predicted molar refractivity (Wildman–Crippen MR) is 111 cm³/mol. The number of aromatic amines is 1. The molecular weight excluding hydrogens is 350 g/mol. The molecular formula is C22H17N5O. The molecule has 0 aliphatic heterocycles. The number of hydrogen-bond acceptors (Lipinski definition) is 5. The zero-order valence-corrected chi connectivity index (χ0v) is 15.2. The van der Waals surface area contributed by atoms with E-state index in [9.17, 15) is 0 Å². The van der Waals surface area contributed by atoms with Crippen molar-refractivity contribution < 1.29 is 4.74 Å². The number of nitrogens with one attached hydrogen (secondary N) is 2. The van der Waals surface area contributed by atoms with Crippen LogP contribution >= 0.6 is 0 Å². The number of methoxy groups -OCH3 is 1. The number of fused-ring (bicyclic) bond motifs is 2. The molecule has 0 aliphatic carbocycles. The summed E-state index contributed by atoms with van der Waals surface area (Å²) in [4.78, 5) is 16.5. The van der Waals surface area contributed by atoms with Crippen molar-refractivity contribution in [2.75, 3.05) is 12.4 Å². The largest absolute Gasteiger partial charge is 0.497 e. The van der Waals surface area contributed by atoms with Crippen LogP contribution in [0.2, 0.25) is 0 Å². The van der Waals surface area contributed by atoms with Crippen LogP contribution in [0.25, 0.3) is 33.1 Å². The van der Waals surface area contributed by atoms with E-state index >= 15 is 0 Å². The molecule has 136 valence electrons. The van der Waals surface area contributed by atoms with Gasteiger partial charge in [0.1, 0.15) is 23.5 Å². The molecule has 0 atom stereocenters. The number of pyridine rings is 1. The molecule has 28 heavy (non-hydrogen) atoms. The molecule has 0 saturated carbocycles. The minimum absolute atomic E-state index is 0.759. The average Bonchev–Trinajstić information content (AvgIpc) is 3.18. The Hall–Kier alpha value is -3.93. The van der Waals surface area contributed by atoms with Gasteiger partial charge in [0.2, 0.25) is 0 Å². The maximum Gasteiger partial charge on any atom is 0.141 e. The van der Waals surface area contributed by atoms with Crippen LogP contribution in [-0.2, 0) is 0 Å². The van der Waals surface area contributed by atoms with Gasteiger partial charge in [0, 0.05) is 34.4 Å². The highest BCUT2D eigenvalue weighted by atomic mass is 16.5. The predicted octanol–water partition coefficient (Wildman–Crippen LogP) is 4.93. The third-order valence-electron chi connectivity index (χ3n) is 4.75. The number of anilines is 2. The Balaban J connectivity index is 1.59. The summed E-state index contributed by atoms with van der Waals surface area (Å²) in [7, 11) is 1.65. The fourth-order valence-electron chi connectivity index (χ4n) is 3.33. The SMILES string of the molecule is COc1ccc(Nc2ncnc3ccc(-c4c[nH]c5ncccc45)cc23)cc1. The Labute approximate surface area is 161 Å². The van der Waals surface area contributed by atoms with Crippen molar-refractivity contribution in [1.82, 2.24) is 19.9 Å². The van der Waals surface area contributed by atoms with Crippen LogP contribution in [0.5, 0.6) is 5.75 Å². The molecule has 0 aliphatic rings. The van der Waals surface area contributed by atoms with Gasteiger partial charge in [-0.1, -0.05) is 6.07 Å². The highest BCUT2D eigenvalue weighted by molar-refractivity contribution is 5.99. The Bertz CT molecular complexity index is 1280. The van der Waals surface area contributed by atoms with E-state index in [4.69, 9.17) is 4.74 Å². The third-order valence-corrected chi connectivity index (χ3v) is 4.75. The lowest BCUT2D eigenvalue weighted by atomic mass is 10.0. The van der Waals surface area contributed by atoms with Crippen LogP contribution in [0, 0.1) is 0 Å². The number of ether oxygens (including phenoxy) is 1. The smallest absolute Gasteiger partial charge is 0.141 e. The third kappa shape index (κ3) is 2.81. The molecule has 0 fully saturated rings. The summed E-state index contributed by atoms with van der Waals surface area (Å²) < 4.78 is 5.22. The van der Waals surface area contributed by atoms with Gasteiger partial charge in [0.15, 0.2) is 0 Å². The van der Waals surface area contributed by atoms with E-state index < -0.39 is 0 Å². The van der Waals surface area contributed by atoms with E-state index in [1.54, 1.807) is 19.6 Å². The summed E-state index contributed by atoms with van der Waals surface area (Å²) in [5.74, 6) is 1.57. The van der Waals surface area contributed by atoms with E-state index in [2.05, 4.69) is 43.5 Å². The maximum absolute atomic E-state index is 5.22. The minimum atomic E-state index is 0.759. The summed E-state index contributed by atoms with van der Waals surface area (Å²) >= 11 is 0. The first-order valence-electron chi connectivity index (χ1n) is 8.90. The molecule has 6 heteroatoms. The number of hydrogen-bond donors (Lipinski definition) is 2. The molecule has 0 bridgehead atoms. The standard InChI is InChI=1S/C22H17N5O/c1-28-16-7-5-15(6-8-16)27-22-18-11-14(4-9-20(18)25-13-26-22)19-12-24-21-17(19)3-2-10-23-21/h2-13H,1H3,(H,23,24)(H,25,26,27). The molecule has 0 saturated heterocycles. The highest BCUT2D eigenvalue weighted by Crippen LogP contribution is 2.32. The van der Waals surface area contributed by atoms with Gasteiger partial charge in [0.05, 0.1) is 12.6 Å². The first-order valence-corrected chi connectivity index (χ1v) is 8.90.